The van der Waals surface area contributed by atoms with E-state index >= 15 is 0 Å². The molecule has 0 aromatic rings. The van der Waals surface area contributed by atoms with E-state index in [1.807, 2.05) is 0 Å². The molecule has 0 spiro atoms. The summed E-state index contributed by atoms with van der Waals surface area (Å²) in [5.41, 5.74) is 0. The van der Waals surface area contributed by atoms with E-state index in [1.54, 1.807) is 0 Å². The SMILES string of the molecule is C=COC1CCC(CCO)CC1. The Bertz CT molecular complexity index is 126. The molecule has 0 unspecified atom stereocenters. The first-order valence-corrected chi connectivity index (χ1v) is 4.74. The van der Waals surface area contributed by atoms with Gasteiger partial charge in [0, 0.05) is 6.61 Å². The highest BCUT2D eigenvalue weighted by atomic mass is 16.5. The van der Waals surface area contributed by atoms with Crippen LogP contribution in [0.25, 0.3) is 0 Å². The van der Waals surface area contributed by atoms with Crippen LogP contribution in [0, 0.1) is 5.92 Å². The van der Waals surface area contributed by atoms with Crippen molar-refractivity contribution in [2.24, 2.45) is 5.92 Å². The third kappa shape index (κ3) is 2.86. The lowest BCUT2D eigenvalue weighted by Gasteiger charge is -2.27. The normalized spacial score (nSPS) is 29.8. The topological polar surface area (TPSA) is 29.5 Å². The maximum atomic E-state index is 8.74. The van der Waals surface area contributed by atoms with Crippen LogP contribution in [0.3, 0.4) is 0 Å². The molecule has 0 amide bonds. The largest absolute Gasteiger partial charge is 0.499 e. The molecule has 0 saturated heterocycles. The van der Waals surface area contributed by atoms with Crippen LogP contribution < -0.4 is 0 Å². The van der Waals surface area contributed by atoms with Gasteiger partial charge in [-0.3, -0.25) is 0 Å². The van der Waals surface area contributed by atoms with Crippen molar-refractivity contribution in [1.82, 2.24) is 0 Å². The minimum absolute atomic E-state index is 0.331. The van der Waals surface area contributed by atoms with Gasteiger partial charge in [-0.15, -0.1) is 0 Å². The first kappa shape index (κ1) is 9.59. The molecule has 0 radical (unpaired) electrons. The second kappa shape index (κ2) is 5.20. The fourth-order valence-electron chi connectivity index (χ4n) is 1.88. The molecule has 2 nitrogen and oxygen atoms in total. The summed E-state index contributed by atoms with van der Waals surface area (Å²) in [6.45, 7) is 3.88. The first-order chi connectivity index (χ1) is 5.86. The van der Waals surface area contributed by atoms with Crippen molar-refractivity contribution < 1.29 is 9.84 Å². The van der Waals surface area contributed by atoms with Gasteiger partial charge in [-0.2, -0.15) is 0 Å². The molecule has 0 aromatic heterocycles. The lowest BCUT2D eigenvalue weighted by atomic mass is 9.85. The Morgan fingerprint density at radius 1 is 1.33 bits per heavy atom. The molecular formula is C10H18O2. The number of rotatable bonds is 4. The van der Waals surface area contributed by atoms with Gasteiger partial charge in [0.1, 0.15) is 0 Å². The maximum Gasteiger partial charge on any atom is 0.0978 e. The third-order valence-corrected chi connectivity index (χ3v) is 2.62. The van der Waals surface area contributed by atoms with E-state index in [0.717, 1.165) is 25.2 Å². The summed E-state index contributed by atoms with van der Waals surface area (Å²) in [6, 6.07) is 0. The summed E-state index contributed by atoms with van der Waals surface area (Å²) in [4.78, 5) is 0. The standard InChI is InChI=1S/C10H18O2/c1-2-12-10-5-3-9(4-6-10)7-8-11/h2,9-11H,1,3-8H2. The van der Waals surface area contributed by atoms with Gasteiger partial charge in [-0.25, -0.2) is 0 Å². The molecular weight excluding hydrogens is 152 g/mol. The molecule has 1 fully saturated rings. The number of aliphatic hydroxyl groups excluding tert-OH is 1. The van der Waals surface area contributed by atoms with Crippen LogP contribution in [0.2, 0.25) is 0 Å². The van der Waals surface area contributed by atoms with Crippen LogP contribution in [-0.2, 0) is 4.74 Å². The monoisotopic (exact) mass is 170 g/mol. The van der Waals surface area contributed by atoms with E-state index in [9.17, 15) is 0 Å². The molecule has 2 heteroatoms. The fourth-order valence-corrected chi connectivity index (χ4v) is 1.88. The van der Waals surface area contributed by atoms with Crippen LogP contribution in [0.4, 0.5) is 0 Å². The smallest absolute Gasteiger partial charge is 0.0978 e. The Labute approximate surface area is 74.2 Å². The predicted molar refractivity (Wildman–Crippen MR) is 48.7 cm³/mol. The van der Waals surface area contributed by atoms with E-state index < -0.39 is 0 Å². The lowest BCUT2D eigenvalue weighted by Crippen LogP contribution is -2.20. The van der Waals surface area contributed by atoms with Crippen LogP contribution in [0.5, 0.6) is 0 Å². The van der Waals surface area contributed by atoms with Crippen LogP contribution in [-0.4, -0.2) is 17.8 Å². The molecule has 0 aliphatic heterocycles. The van der Waals surface area contributed by atoms with Gasteiger partial charge in [0.25, 0.3) is 0 Å². The second-order valence-corrected chi connectivity index (χ2v) is 3.46. The second-order valence-electron chi connectivity index (χ2n) is 3.46. The molecule has 12 heavy (non-hydrogen) atoms. The number of hydrogen-bond acceptors (Lipinski definition) is 2. The minimum Gasteiger partial charge on any atom is -0.499 e. The van der Waals surface area contributed by atoms with Crippen molar-refractivity contribution in [3.8, 4) is 0 Å². The predicted octanol–water partition coefficient (Wildman–Crippen LogP) is 2.09. The number of hydrogen-bond donors (Lipinski definition) is 1. The van der Waals surface area contributed by atoms with Crippen LogP contribution in [0.1, 0.15) is 32.1 Å². The molecule has 1 N–H and O–H groups in total. The van der Waals surface area contributed by atoms with Crippen molar-refractivity contribution >= 4 is 0 Å². The van der Waals surface area contributed by atoms with Crippen LogP contribution in [0.15, 0.2) is 12.8 Å². The van der Waals surface area contributed by atoms with Gasteiger partial charge in [0.05, 0.1) is 12.4 Å². The zero-order chi connectivity index (χ0) is 8.81. The first-order valence-electron chi connectivity index (χ1n) is 4.74. The minimum atomic E-state index is 0.331. The Kier molecular flexibility index (Phi) is 4.15. The highest BCUT2D eigenvalue weighted by Crippen LogP contribution is 2.28. The van der Waals surface area contributed by atoms with Gasteiger partial charge in [-0.1, -0.05) is 6.58 Å². The quantitative estimate of drug-likeness (QED) is 0.655. The van der Waals surface area contributed by atoms with Gasteiger partial charge in [0.15, 0.2) is 0 Å². The number of ether oxygens (including phenoxy) is 1. The number of aliphatic hydroxyl groups is 1. The lowest BCUT2D eigenvalue weighted by molar-refractivity contribution is 0.0824. The van der Waals surface area contributed by atoms with Crippen molar-refractivity contribution in [1.29, 1.82) is 0 Å². The van der Waals surface area contributed by atoms with Crippen molar-refractivity contribution in [2.75, 3.05) is 6.61 Å². The average molecular weight is 170 g/mol. The highest BCUT2D eigenvalue weighted by Gasteiger charge is 2.20. The van der Waals surface area contributed by atoms with Crippen LogP contribution >= 0.6 is 0 Å². The Balaban J connectivity index is 2.15. The Morgan fingerprint density at radius 2 is 2.00 bits per heavy atom. The molecule has 1 rings (SSSR count). The summed E-state index contributed by atoms with van der Waals surface area (Å²) in [6.07, 6.45) is 7.51. The highest BCUT2D eigenvalue weighted by molar-refractivity contribution is 4.74. The van der Waals surface area contributed by atoms with E-state index in [2.05, 4.69) is 6.58 Å². The van der Waals surface area contributed by atoms with Crippen molar-refractivity contribution in [3.63, 3.8) is 0 Å². The zero-order valence-electron chi connectivity index (χ0n) is 7.54. The molecule has 1 saturated carbocycles. The summed E-state index contributed by atoms with van der Waals surface area (Å²) < 4.78 is 5.31. The van der Waals surface area contributed by atoms with E-state index in [-0.39, 0.29) is 0 Å². The van der Waals surface area contributed by atoms with E-state index in [0.29, 0.717) is 12.7 Å². The summed E-state index contributed by atoms with van der Waals surface area (Å²) in [7, 11) is 0. The summed E-state index contributed by atoms with van der Waals surface area (Å²) in [5, 5.41) is 8.74. The Hall–Kier alpha value is -0.500. The van der Waals surface area contributed by atoms with Gasteiger partial charge >= 0.3 is 0 Å². The van der Waals surface area contributed by atoms with Gasteiger partial charge < -0.3 is 9.84 Å². The summed E-state index contributed by atoms with van der Waals surface area (Å²) in [5.74, 6) is 0.722. The third-order valence-electron chi connectivity index (χ3n) is 2.62. The van der Waals surface area contributed by atoms with E-state index in [1.165, 1.54) is 19.1 Å². The zero-order valence-corrected chi connectivity index (χ0v) is 7.54. The molecule has 0 bridgehead atoms. The van der Waals surface area contributed by atoms with E-state index in [4.69, 9.17) is 9.84 Å². The Morgan fingerprint density at radius 3 is 2.50 bits per heavy atom. The van der Waals surface area contributed by atoms with Gasteiger partial charge in [0.2, 0.25) is 0 Å². The fraction of sp³-hybridized carbons (Fsp3) is 0.800. The molecule has 0 heterocycles. The molecule has 0 aromatic carbocycles. The van der Waals surface area contributed by atoms with Gasteiger partial charge in [-0.05, 0) is 38.0 Å². The molecule has 70 valence electrons. The maximum absolute atomic E-state index is 8.74. The van der Waals surface area contributed by atoms with Crippen molar-refractivity contribution in [2.45, 2.75) is 38.2 Å². The molecule has 1 aliphatic rings. The molecule has 1 aliphatic carbocycles. The van der Waals surface area contributed by atoms with Crippen molar-refractivity contribution in [3.05, 3.63) is 12.8 Å². The summed E-state index contributed by atoms with van der Waals surface area (Å²) >= 11 is 0. The molecule has 0 atom stereocenters. The average Bonchev–Trinajstić information content (AvgIpc) is 2.09.